The first-order chi connectivity index (χ1) is 9.49. The summed E-state index contributed by atoms with van der Waals surface area (Å²) in [5, 5.41) is 31.6. The van der Waals surface area contributed by atoms with Crippen molar-refractivity contribution >= 4 is 23.1 Å². The monoisotopic (exact) mass is 298 g/mol. The zero-order valence-electron chi connectivity index (χ0n) is 10.7. The molecule has 20 heavy (non-hydrogen) atoms. The average molecular weight is 298 g/mol. The van der Waals surface area contributed by atoms with Crippen molar-refractivity contribution < 1.29 is 15.0 Å². The molecule has 1 aliphatic rings. The highest BCUT2D eigenvalue weighted by atomic mass is 32.2. The van der Waals surface area contributed by atoms with E-state index in [2.05, 4.69) is 0 Å². The Morgan fingerprint density at radius 1 is 1.05 bits per heavy atom. The van der Waals surface area contributed by atoms with E-state index < -0.39 is 27.0 Å². The van der Waals surface area contributed by atoms with Crippen molar-refractivity contribution in [1.29, 1.82) is 0 Å². The molecular weight excluding hydrogens is 284 g/mol. The van der Waals surface area contributed by atoms with E-state index in [1.165, 1.54) is 30.3 Å². The molecule has 1 aliphatic carbocycles. The maximum atomic E-state index is 10.9. The number of aromatic hydroxyl groups is 1. The molecule has 0 atom stereocenters. The first-order valence-corrected chi connectivity index (χ1v) is 7.19. The van der Waals surface area contributed by atoms with E-state index >= 15 is 0 Å². The van der Waals surface area contributed by atoms with Gasteiger partial charge in [-0.3, -0.25) is 20.2 Å². The topological polar surface area (TPSA) is 107 Å². The molecule has 7 nitrogen and oxygen atoms in total. The Kier molecular flexibility index (Phi) is 4.43. The molecule has 1 fully saturated rings. The second kappa shape index (κ2) is 6.08. The highest BCUT2D eigenvalue weighted by Crippen LogP contribution is 2.42. The summed E-state index contributed by atoms with van der Waals surface area (Å²) >= 11 is 1.42. The maximum absolute atomic E-state index is 10.9. The zero-order valence-corrected chi connectivity index (χ0v) is 11.5. The van der Waals surface area contributed by atoms with Gasteiger partial charge in [-0.2, -0.15) is 0 Å². The minimum atomic E-state index is -0.881. The molecule has 0 spiro atoms. The fraction of sp³-hybridized carbons (Fsp3) is 0.500. The Hall–Kier alpha value is -1.83. The van der Waals surface area contributed by atoms with E-state index in [1.54, 1.807) is 0 Å². The van der Waals surface area contributed by atoms with Gasteiger partial charge in [0.1, 0.15) is 0 Å². The predicted octanol–water partition coefficient (Wildman–Crippen LogP) is 3.63. The SMILES string of the molecule is O=[N+]([O-])c1cc(SC2CCCCC2)cc([N+](=O)[O-])c1O. The quantitative estimate of drug-likeness (QED) is 0.671. The molecule has 0 bridgehead atoms. The largest absolute Gasteiger partial charge is 0.497 e. The lowest BCUT2D eigenvalue weighted by atomic mass is 10.0. The van der Waals surface area contributed by atoms with Gasteiger partial charge in [-0.1, -0.05) is 19.3 Å². The molecule has 0 saturated heterocycles. The second-order valence-corrected chi connectivity index (χ2v) is 6.08. The summed E-state index contributed by atoms with van der Waals surface area (Å²) in [6, 6.07) is 2.42. The van der Waals surface area contributed by atoms with Crippen molar-refractivity contribution in [2.24, 2.45) is 0 Å². The lowest BCUT2D eigenvalue weighted by molar-refractivity contribution is -0.396. The van der Waals surface area contributed by atoms with Crippen LogP contribution in [0.25, 0.3) is 0 Å². The molecule has 0 radical (unpaired) electrons. The minimum Gasteiger partial charge on any atom is -0.497 e. The van der Waals surface area contributed by atoms with E-state index in [4.69, 9.17) is 0 Å². The van der Waals surface area contributed by atoms with Crippen LogP contribution in [-0.4, -0.2) is 20.2 Å². The Labute approximate surface area is 119 Å². The molecule has 1 N–H and O–H groups in total. The van der Waals surface area contributed by atoms with Gasteiger partial charge in [0.2, 0.25) is 0 Å². The lowest BCUT2D eigenvalue weighted by Crippen LogP contribution is -2.07. The molecule has 108 valence electrons. The number of phenols is 1. The van der Waals surface area contributed by atoms with Gasteiger partial charge < -0.3 is 5.11 Å². The van der Waals surface area contributed by atoms with Crippen LogP contribution in [0.3, 0.4) is 0 Å². The smallest absolute Gasteiger partial charge is 0.319 e. The molecule has 0 aromatic heterocycles. The summed E-state index contributed by atoms with van der Waals surface area (Å²) < 4.78 is 0. The van der Waals surface area contributed by atoms with E-state index in [9.17, 15) is 25.3 Å². The molecular formula is C12H14N2O5S. The van der Waals surface area contributed by atoms with Crippen molar-refractivity contribution in [2.45, 2.75) is 42.2 Å². The van der Waals surface area contributed by atoms with Gasteiger partial charge in [-0.05, 0) is 12.8 Å². The van der Waals surface area contributed by atoms with Crippen LogP contribution in [0.5, 0.6) is 5.75 Å². The number of thioether (sulfide) groups is 1. The molecule has 1 aromatic carbocycles. The van der Waals surface area contributed by atoms with E-state index in [0.717, 1.165) is 25.7 Å². The Morgan fingerprint density at radius 2 is 1.55 bits per heavy atom. The van der Waals surface area contributed by atoms with Gasteiger partial charge >= 0.3 is 11.4 Å². The summed E-state index contributed by atoms with van der Waals surface area (Å²) in [5.41, 5.74) is -1.23. The Balaban J connectivity index is 2.32. The number of nitro groups is 2. The number of hydrogen-bond acceptors (Lipinski definition) is 6. The van der Waals surface area contributed by atoms with E-state index in [0.29, 0.717) is 10.1 Å². The van der Waals surface area contributed by atoms with Gasteiger partial charge in [0.05, 0.1) is 9.85 Å². The van der Waals surface area contributed by atoms with E-state index in [1.807, 2.05) is 0 Å². The summed E-state index contributed by atoms with van der Waals surface area (Å²) in [5.74, 6) is -0.881. The van der Waals surface area contributed by atoms with Crippen LogP contribution in [-0.2, 0) is 0 Å². The fourth-order valence-electron chi connectivity index (χ4n) is 2.30. The number of hydrogen-bond donors (Lipinski definition) is 1. The number of phenolic OH excluding ortho intramolecular Hbond substituents is 1. The first kappa shape index (κ1) is 14.6. The van der Waals surface area contributed by atoms with Crippen molar-refractivity contribution in [3.63, 3.8) is 0 Å². The standard InChI is InChI=1S/C12H14N2O5S/c15-12-10(13(16)17)6-9(7-11(12)14(18)19)20-8-4-2-1-3-5-8/h6-8,15H,1-5H2. The minimum absolute atomic E-state index is 0.326. The van der Waals surface area contributed by atoms with Crippen LogP contribution in [0.2, 0.25) is 0 Å². The summed E-state index contributed by atoms with van der Waals surface area (Å²) in [6.07, 6.45) is 5.42. The van der Waals surface area contributed by atoms with Crippen LogP contribution in [0.4, 0.5) is 11.4 Å². The zero-order chi connectivity index (χ0) is 14.7. The molecule has 1 aromatic rings. The van der Waals surface area contributed by atoms with Gasteiger partial charge in [-0.25, -0.2) is 0 Å². The van der Waals surface area contributed by atoms with E-state index in [-0.39, 0.29) is 0 Å². The molecule has 0 heterocycles. The van der Waals surface area contributed by atoms with Gasteiger partial charge in [-0.15, -0.1) is 11.8 Å². The molecule has 0 amide bonds. The molecule has 0 aliphatic heterocycles. The van der Waals surface area contributed by atoms with Gasteiger partial charge in [0.25, 0.3) is 5.75 Å². The van der Waals surface area contributed by atoms with Crippen LogP contribution < -0.4 is 0 Å². The molecule has 1 saturated carbocycles. The fourth-order valence-corrected chi connectivity index (χ4v) is 3.61. The van der Waals surface area contributed by atoms with Crippen molar-refractivity contribution in [3.05, 3.63) is 32.4 Å². The van der Waals surface area contributed by atoms with Crippen LogP contribution in [0.15, 0.2) is 17.0 Å². The normalized spacial score (nSPS) is 16.0. The maximum Gasteiger partial charge on any atom is 0.319 e. The van der Waals surface area contributed by atoms with Gasteiger partial charge in [0.15, 0.2) is 0 Å². The van der Waals surface area contributed by atoms with Crippen LogP contribution in [0.1, 0.15) is 32.1 Å². The third-order valence-electron chi connectivity index (χ3n) is 3.29. The van der Waals surface area contributed by atoms with Gasteiger partial charge in [0, 0.05) is 22.3 Å². The number of nitro benzene ring substituents is 2. The third-order valence-corrected chi connectivity index (χ3v) is 4.60. The highest BCUT2D eigenvalue weighted by molar-refractivity contribution is 8.00. The summed E-state index contributed by atoms with van der Waals surface area (Å²) in [7, 11) is 0. The van der Waals surface area contributed by atoms with Crippen molar-refractivity contribution in [3.8, 4) is 5.75 Å². The van der Waals surface area contributed by atoms with Crippen LogP contribution >= 0.6 is 11.8 Å². The number of rotatable bonds is 4. The highest BCUT2D eigenvalue weighted by Gasteiger charge is 2.27. The number of nitrogens with zero attached hydrogens (tertiary/aromatic N) is 2. The Morgan fingerprint density at radius 3 is 2.00 bits per heavy atom. The van der Waals surface area contributed by atoms with Crippen LogP contribution in [0, 0.1) is 20.2 Å². The molecule has 2 rings (SSSR count). The summed E-state index contributed by atoms with van der Waals surface area (Å²) in [6.45, 7) is 0. The number of benzene rings is 1. The van der Waals surface area contributed by atoms with Crippen molar-refractivity contribution in [2.75, 3.05) is 0 Å². The van der Waals surface area contributed by atoms with Crippen molar-refractivity contribution in [1.82, 2.24) is 0 Å². The molecule has 0 unspecified atom stereocenters. The predicted molar refractivity (Wildman–Crippen MR) is 74.1 cm³/mol. The lowest BCUT2D eigenvalue weighted by Gasteiger charge is -2.20. The average Bonchev–Trinajstić information content (AvgIpc) is 2.41. The Bertz CT molecular complexity index is 508. The second-order valence-electron chi connectivity index (χ2n) is 4.70. The molecule has 8 heteroatoms. The summed E-state index contributed by atoms with van der Waals surface area (Å²) in [4.78, 5) is 20.6. The first-order valence-electron chi connectivity index (χ1n) is 6.31. The third kappa shape index (κ3) is 3.19.